The van der Waals surface area contributed by atoms with Gasteiger partial charge >= 0.3 is 0 Å². The van der Waals surface area contributed by atoms with Gasteiger partial charge in [-0.05, 0) is 19.4 Å². The van der Waals surface area contributed by atoms with E-state index in [9.17, 15) is 10.4 Å². The molecule has 100 valence electrons. The van der Waals surface area contributed by atoms with E-state index in [-0.39, 0.29) is 16.4 Å². The SMILES string of the molecule is NCCCN(CCCC[N+]([O-])=NO)[N+]([O-])=NO. The highest BCUT2D eigenvalue weighted by Crippen LogP contribution is 1.98. The molecule has 0 saturated carbocycles. The monoisotopic (exact) mass is 250 g/mol. The second-order valence-electron chi connectivity index (χ2n) is 3.31. The maximum atomic E-state index is 11.1. The van der Waals surface area contributed by atoms with Gasteiger partial charge in [0, 0.05) is 6.42 Å². The van der Waals surface area contributed by atoms with E-state index < -0.39 is 0 Å². The zero-order chi connectivity index (χ0) is 13.1. The van der Waals surface area contributed by atoms with E-state index in [4.69, 9.17) is 16.1 Å². The third-order valence-electron chi connectivity index (χ3n) is 2.05. The van der Waals surface area contributed by atoms with E-state index >= 15 is 0 Å². The Hall–Kier alpha value is -1.84. The van der Waals surface area contributed by atoms with Gasteiger partial charge in [-0.1, -0.05) is 4.86 Å². The molecule has 0 amide bonds. The number of hydrazine groups is 1. The molecular weight excluding hydrogens is 232 g/mol. The Morgan fingerprint density at radius 2 is 1.71 bits per heavy atom. The van der Waals surface area contributed by atoms with E-state index in [0.717, 1.165) is 0 Å². The predicted octanol–water partition coefficient (Wildman–Crippen LogP) is 0.0358. The van der Waals surface area contributed by atoms with E-state index in [1.54, 1.807) is 0 Å². The van der Waals surface area contributed by atoms with Crippen LogP contribution in [0.25, 0.3) is 0 Å². The highest BCUT2D eigenvalue weighted by atomic mass is 16.6. The molecule has 0 aliphatic heterocycles. The molecule has 0 rings (SSSR count). The quantitative estimate of drug-likeness (QED) is 0.228. The molecular formula is C7H18N6O4. The van der Waals surface area contributed by atoms with Crippen LogP contribution >= 0.6 is 0 Å². The number of nitrogens with two attached hydrogens (primary N) is 1. The molecule has 0 radical (unpaired) electrons. The molecule has 4 N–H and O–H groups in total. The lowest BCUT2D eigenvalue weighted by molar-refractivity contribution is -0.710. The Bertz CT molecular complexity index is 259. The van der Waals surface area contributed by atoms with Crippen molar-refractivity contribution in [3.05, 3.63) is 10.4 Å². The fraction of sp³-hybridized carbons (Fsp3) is 1.00. The summed E-state index contributed by atoms with van der Waals surface area (Å²) in [7, 11) is 0. The van der Waals surface area contributed by atoms with Gasteiger partial charge in [0.1, 0.15) is 0 Å². The molecule has 17 heavy (non-hydrogen) atoms. The topological polar surface area (TPSA) is 147 Å². The number of rotatable bonds is 9. The van der Waals surface area contributed by atoms with Gasteiger partial charge in [-0.2, -0.15) is 0 Å². The first-order valence-electron chi connectivity index (χ1n) is 5.22. The average molecular weight is 250 g/mol. The fourth-order valence-corrected chi connectivity index (χ4v) is 1.20. The van der Waals surface area contributed by atoms with Crippen LogP contribution in [0.5, 0.6) is 0 Å². The predicted molar refractivity (Wildman–Crippen MR) is 55.0 cm³/mol. The third kappa shape index (κ3) is 7.11. The second-order valence-corrected chi connectivity index (χ2v) is 3.31. The van der Waals surface area contributed by atoms with Crippen LogP contribution in [0.2, 0.25) is 0 Å². The minimum Gasteiger partial charge on any atom is -0.597 e. The van der Waals surface area contributed by atoms with Crippen LogP contribution in [-0.4, -0.2) is 51.4 Å². The van der Waals surface area contributed by atoms with Crippen LogP contribution in [-0.2, 0) is 0 Å². The number of hydrogen-bond acceptors (Lipinski definition) is 5. The van der Waals surface area contributed by atoms with E-state index in [1.807, 2.05) is 0 Å². The van der Waals surface area contributed by atoms with Crippen LogP contribution in [0.15, 0.2) is 10.6 Å². The Kier molecular flexibility index (Phi) is 8.37. The first-order chi connectivity index (χ1) is 8.15. The molecule has 0 aromatic heterocycles. The number of nitrogens with zero attached hydrogens (tertiary/aromatic N) is 5. The molecule has 0 saturated heterocycles. The molecule has 0 fully saturated rings. The smallest absolute Gasteiger partial charge is 0.230 e. The van der Waals surface area contributed by atoms with Crippen molar-refractivity contribution < 1.29 is 20.2 Å². The lowest BCUT2D eigenvalue weighted by atomic mass is 10.3. The first kappa shape index (κ1) is 15.2. The molecule has 0 spiro atoms. The van der Waals surface area contributed by atoms with Crippen molar-refractivity contribution in [2.24, 2.45) is 16.3 Å². The van der Waals surface area contributed by atoms with Gasteiger partial charge in [-0.3, -0.25) is 0 Å². The molecule has 0 atom stereocenters. The zero-order valence-electron chi connectivity index (χ0n) is 9.47. The molecule has 0 aromatic rings. The van der Waals surface area contributed by atoms with Crippen LogP contribution in [0.4, 0.5) is 0 Å². The normalized spacial score (nSPS) is 12.8. The van der Waals surface area contributed by atoms with Crippen molar-refractivity contribution >= 4 is 0 Å². The van der Waals surface area contributed by atoms with Crippen molar-refractivity contribution in [2.45, 2.75) is 19.3 Å². The summed E-state index contributed by atoms with van der Waals surface area (Å²) in [6, 6.07) is 0. The lowest BCUT2D eigenvalue weighted by Gasteiger charge is -2.16. The summed E-state index contributed by atoms with van der Waals surface area (Å²) in [6.45, 7) is 1.16. The van der Waals surface area contributed by atoms with Crippen LogP contribution in [0.3, 0.4) is 0 Å². The fourth-order valence-electron chi connectivity index (χ4n) is 1.20. The maximum absolute atomic E-state index is 11.1. The molecule has 10 nitrogen and oxygen atoms in total. The van der Waals surface area contributed by atoms with Gasteiger partial charge in [-0.25, -0.2) is 0 Å². The Morgan fingerprint density at radius 3 is 2.24 bits per heavy atom. The van der Waals surface area contributed by atoms with E-state index in [0.29, 0.717) is 38.9 Å². The van der Waals surface area contributed by atoms with Crippen LogP contribution < -0.4 is 5.73 Å². The maximum Gasteiger partial charge on any atom is 0.230 e. The average Bonchev–Trinajstić information content (AvgIpc) is 2.36. The van der Waals surface area contributed by atoms with Crippen LogP contribution in [0, 0.1) is 10.4 Å². The molecule has 0 unspecified atom stereocenters. The Labute approximate surface area is 98.3 Å². The van der Waals surface area contributed by atoms with Gasteiger partial charge < -0.3 is 26.6 Å². The van der Waals surface area contributed by atoms with Gasteiger partial charge in [0.15, 0.2) is 11.8 Å². The van der Waals surface area contributed by atoms with Gasteiger partial charge in [0.25, 0.3) is 0 Å². The first-order valence-corrected chi connectivity index (χ1v) is 5.22. The summed E-state index contributed by atoms with van der Waals surface area (Å²) < 4.78 is 0. The third-order valence-corrected chi connectivity index (χ3v) is 2.05. The highest BCUT2D eigenvalue weighted by Gasteiger charge is 2.12. The minimum atomic E-state index is 0.0380. The molecule has 0 heterocycles. The van der Waals surface area contributed by atoms with Crippen molar-refractivity contribution in [2.75, 3.05) is 26.2 Å². The Morgan fingerprint density at radius 1 is 1.06 bits per heavy atom. The number of hydroxylamine groups is 1. The second kappa shape index (κ2) is 9.39. The summed E-state index contributed by atoms with van der Waals surface area (Å²) in [6.07, 6.45) is 1.56. The van der Waals surface area contributed by atoms with Crippen molar-refractivity contribution in [3.63, 3.8) is 0 Å². The Balaban J connectivity index is 3.91. The van der Waals surface area contributed by atoms with E-state index in [2.05, 4.69) is 10.6 Å². The molecule has 0 aromatic carbocycles. The van der Waals surface area contributed by atoms with Gasteiger partial charge in [0.05, 0.1) is 18.1 Å². The standard InChI is InChI=1S/C7H18N6O4/c8-4-3-6-11(13(17)10-15)5-1-2-7-12(16)9-14/h14-15H,1-8H2. The lowest BCUT2D eigenvalue weighted by Crippen LogP contribution is -2.33. The summed E-state index contributed by atoms with van der Waals surface area (Å²) in [5, 5.41) is 44.2. The number of hydrogen-bond donors (Lipinski definition) is 3. The summed E-state index contributed by atoms with van der Waals surface area (Å²) >= 11 is 0. The summed E-state index contributed by atoms with van der Waals surface area (Å²) in [5.74, 6) is 0. The van der Waals surface area contributed by atoms with Gasteiger partial charge in [-0.15, -0.1) is 5.01 Å². The highest BCUT2D eigenvalue weighted by molar-refractivity contribution is 4.48. The van der Waals surface area contributed by atoms with Gasteiger partial charge in [0.2, 0.25) is 5.28 Å². The largest absolute Gasteiger partial charge is 0.597 e. The zero-order valence-corrected chi connectivity index (χ0v) is 9.47. The van der Waals surface area contributed by atoms with Crippen molar-refractivity contribution in [3.8, 4) is 0 Å². The van der Waals surface area contributed by atoms with Crippen molar-refractivity contribution in [1.29, 1.82) is 0 Å². The molecule has 0 aliphatic carbocycles. The molecule has 0 aliphatic rings. The van der Waals surface area contributed by atoms with Crippen LogP contribution in [0.1, 0.15) is 19.3 Å². The summed E-state index contributed by atoms with van der Waals surface area (Å²) in [5.41, 5.74) is 5.30. The minimum absolute atomic E-state index is 0.0380. The molecule has 10 heteroatoms. The molecule has 0 bridgehead atoms. The summed E-state index contributed by atoms with van der Waals surface area (Å²) in [4.78, 5) is 0.233. The number of unbranched alkanes of at least 4 members (excludes halogenated alkanes) is 1. The van der Waals surface area contributed by atoms with E-state index in [1.165, 1.54) is 5.01 Å². The van der Waals surface area contributed by atoms with Crippen molar-refractivity contribution in [1.82, 2.24) is 5.01 Å².